The topological polar surface area (TPSA) is 137 Å². The van der Waals surface area contributed by atoms with Gasteiger partial charge in [0.1, 0.15) is 17.4 Å². The summed E-state index contributed by atoms with van der Waals surface area (Å²) < 4.78 is 67.6. The molecule has 0 amide bonds. The van der Waals surface area contributed by atoms with Crippen molar-refractivity contribution in [3.63, 3.8) is 0 Å². The summed E-state index contributed by atoms with van der Waals surface area (Å²) >= 11 is 5.30. The zero-order valence-corrected chi connectivity index (χ0v) is 34.0. The standard InChI is InChI=1S/C41H41BrF2N6O3S2/c1-40(2)25-54-18-16-41(3,26-9-8-10-28(42)19-26)39(46)49-38(47-4)32-20-29(13-14-34(32)43)53-37-33(24-48-23-27(40)22-45)31-15-17-50(36(31)21-35(37)44)55(51,52)30-11-6-5-7-12-30/h5-15,17,19-23H,16,18,24-25,45H2,1-4H3,(H2,46,47,49)/b27-22+,48-23?. The molecule has 0 fully saturated rings. The van der Waals surface area contributed by atoms with E-state index in [4.69, 9.17) is 26.2 Å². The Bertz CT molecular complexity index is 2480. The Balaban J connectivity index is 1.53. The zero-order valence-electron chi connectivity index (χ0n) is 30.8. The first-order valence-electron chi connectivity index (χ1n) is 17.4. The number of ether oxygens (including phenoxy) is 1. The van der Waals surface area contributed by atoms with E-state index in [0.29, 0.717) is 23.3 Å². The highest BCUT2D eigenvalue weighted by molar-refractivity contribution is 9.10. The van der Waals surface area contributed by atoms with Crippen molar-refractivity contribution in [1.82, 2.24) is 3.97 Å². The molecule has 286 valence electrons. The number of allylic oxidation sites excluding steroid dienone is 1. The van der Waals surface area contributed by atoms with Crippen LogP contribution in [-0.4, -0.2) is 48.8 Å². The van der Waals surface area contributed by atoms with Gasteiger partial charge in [-0.05, 0) is 85.0 Å². The molecule has 4 aromatic carbocycles. The van der Waals surface area contributed by atoms with Gasteiger partial charge in [0.05, 0.1) is 27.9 Å². The van der Waals surface area contributed by atoms with Crippen molar-refractivity contribution in [2.45, 2.75) is 44.0 Å². The van der Waals surface area contributed by atoms with Gasteiger partial charge < -0.3 is 16.2 Å². The van der Waals surface area contributed by atoms with E-state index >= 15 is 8.78 Å². The number of hydrogen-bond donors (Lipinski definition) is 2. The second kappa shape index (κ2) is 16.1. The molecule has 6 rings (SSSR count). The molecule has 0 radical (unpaired) electrons. The highest BCUT2D eigenvalue weighted by atomic mass is 79.9. The lowest BCUT2D eigenvalue weighted by atomic mass is 9.79. The van der Waals surface area contributed by atoms with E-state index in [1.165, 1.54) is 49.8 Å². The minimum atomic E-state index is -4.09. The average Bonchev–Trinajstić information content (AvgIpc) is 3.60. The number of aliphatic imine (C=N–C) groups is 3. The number of amidine groups is 2. The molecule has 1 atom stereocenters. The summed E-state index contributed by atoms with van der Waals surface area (Å²) in [6.45, 7) is 6.03. The number of aromatic nitrogens is 1. The van der Waals surface area contributed by atoms with Crippen LogP contribution in [0.2, 0.25) is 0 Å². The number of nitrogens with zero attached hydrogens (tertiary/aromatic N) is 4. The average molecular weight is 848 g/mol. The first-order chi connectivity index (χ1) is 26.2. The van der Waals surface area contributed by atoms with Gasteiger partial charge >= 0.3 is 0 Å². The van der Waals surface area contributed by atoms with Crippen LogP contribution in [0.1, 0.15) is 43.9 Å². The molecule has 1 unspecified atom stereocenters. The third kappa shape index (κ3) is 8.12. The Morgan fingerprint density at radius 1 is 1.00 bits per heavy atom. The SMILES string of the molecule is CN=C1N=C(N)C(C)(c2cccc(Br)c2)CCSCC(C)(C)/C(=C/N)C=NCc2c(c(F)cc3c2ccn3S(=O)(=O)c2ccccc2)Oc2ccc(F)c1c2. The van der Waals surface area contributed by atoms with Crippen LogP contribution in [0, 0.1) is 17.0 Å². The fourth-order valence-corrected chi connectivity index (χ4v) is 9.53. The fraction of sp³-hybridized carbons (Fsp3) is 0.244. The lowest BCUT2D eigenvalue weighted by Gasteiger charge is -2.31. The lowest BCUT2D eigenvalue weighted by molar-refractivity contribution is 0.436. The van der Waals surface area contributed by atoms with E-state index in [1.54, 1.807) is 42.2 Å². The molecule has 0 saturated heterocycles. The summed E-state index contributed by atoms with van der Waals surface area (Å²) in [7, 11) is -2.60. The molecular weight excluding hydrogens is 807 g/mol. The highest BCUT2D eigenvalue weighted by Crippen LogP contribution is 2.39. The van der Waals surface area contributed by atoms with Crippen LogP contribution in [0.5, 0.6) is 11.5 Å². The largest absolute Gasteiger partial charge is 0.454 e. The number of benzene rings is 4. The van der Waals surface area contributed by atoms with Crippen molar-refractivity contribution < 1.29 is 21.9 Å². The molecule has 5 aromatic rings. The van der Waals surface area contributed by atoms with Crippen LogP contribution in [0.15, 0.2) is 127 Å². The van der Waals surface area contributed by atoms with Gasteiger partial charge in [-0.3, -0.25) is 9.98 Å². The maximum atomic E-state index is 16.4. The van der Waals surface area contributed by atoms with Gasteiger partial charge in [-0.1, -0.05) is 60.1 Å². The number of thioether (sulfide) groups is 1. The summed E-state index contributed by atoms with van der Waals surface area (Å²) in [4.78, 5) is 13.8. The monoisotopic (exact) mass is 846 g/mol. The van der Waals surface area contributed by atoms with Gasteiger partial charge in [0.25, 0.3) is 10.0 Å². The van der Waals surface area contributed by atoms with Crippen LogP contribution < -0.4 is 16.2 Å². The molecular formula is C41H41BrF2N6O3S2. The maximum Gasteiger partial charge on any atom is 0.268 e. The van der Waals surface area contributed by atoms with Crippen molar-refractivity contribution in [1.29, 1.82) is 0 Å². The Morgan fingerprint density at radius 3 is 2.47 bits per heavy atom. The smallest absolute Gasteiger partial charge is 0.268 e. The maximum absolute atomic E-state index is 16.4. The van der Waals surface area contributed by atoms with Gasteiger partial charge in [0, 0.05) is 52.1 Å². The molecule has 0 spiro atoms. The summed E-state index contributed by atoms with van der Waals surface area (Å²) in [5.41, 5.74) is 13.8. The second-order valence-corrected chi connectivity index (χ2v) is 17.8. The molecule has 2 heterocycles. The Labute approximate surface area is 332 Å². The van der Waals surface area contributed by atoms with Crippen LogP contribution in [0.4, 0.5) is 8.78 Å². The van der Waals surface area contributed by atoms with Gasteiger partial charge in [-0.15, -0.1) is 0 Å². The molecule has 14 heteroatoms. The van der Waals surface area contributed by atoms with Gasteiger partial charge in [-0.2, -0.15) is 11.8 Å². The molecule has 4 N–H and O–H groups in total. The minimum Gasteiger partial charge on any atom is -0.454 e. The second-order valence-electron chi connectivity index (χ2n) is 13.9. The summed E-state index contributed by atoms with van der Waals surface area (Å²) in [6, 6.07) is 22.3. The van der Waals surface area contributed by atoms with E-state index in [2.05, 4.69) is 34.8 Å². The fourth-order valence-electron chi connectivity index (χ4n) is 6.40. The summed E-state index contributed by atoms with van der Waals surface area (Å²) in [5.74, 6) is 0.0188. The van der Waals surface area contributed by atoms with Gasteiger partial charge in [0.15, 0.2) is 17.4 Å². The molecule has 1 aromatic heterocycles. The van der Waals surface area contributed by atoms with Crippen LogP contribution in [-0.2, 0) is 22.0 Å². The number of fused-ring (bicyclic) bond motifs is 5. The minimum absolute atomic E-state index is 0.00697. The quantitative estimate of drug-likeness (QED) is 0.186. The third-order valence-electron chi connectivity index (χ3n) is 9.78. The summed E-state index contributed by atoms with van der Waals surface area (Å²) in [6.07, 6.45) is 5.14. The predicted molar refractivity (Wildman–Crippen MR) is 223 cm³/mol. The van der Waals surface area contributed by atoms with E-state index in [-0.39, 0.29) is 51.3 Å². The van der Waals surface area contributed by atoms with Gasteiger partial charge in [0.2, 0.25) is 0 Å². The Morgan fingerprint density at radius 2 is 1.76 bits per heavy atom. The molecule has 0 saturated carbocycles. The zero-order chi connectivity index (χ0) is 39.5. The number of nitrogens with two attached hydrogens (primary N) is 2. The molecule has 0 aliphatic carbocycles. The number of rotatable bonds is 3. The predicted octanol–water partition coefficient (Wildman–Crippen LogP) is 8.98. The van der Waals surface area contributed by atoms with Crippen molar-refractivity contribution in [2.24, 2.45) is 31.9 Å². The van der Waals surface area contributed by atoms with Crippen molar-refractivity contribution >= 4 is 66.5 Å². The third-order valence-corrected chi connectivity index (χ3v) is 13.4. The van der Waals surface area contributed by atoms with Gasteiger partial charge in [-0.25, -0.2) is 26.2 Å². The lowest BCUT2D eigenvalue weighted by Crippen LogP contribution is -2.40. The van der Waals surface area contributed by atoms with Crippen molar-refractivity contribution in [3.8, 4) is 11.5 Å². The first-order valence-corrected chi connectivity index (χ1v) is 20.8. The number of halogens is 3. The van der Waals surface area contributed by atoms with Crippen molar-refractivity contribution in [3.05, 3.63) is 136 Å². The highest BCUT2D eigenvalue weighted by Gasteiger charge is 2.33. The molecule has 1 aliphatic heterocycles. The molecule has 1 aliphatic rings. The van der Waals surface area contributed by atoms with Crippen molar-refractivity contribution in [2.75, 3.05) is 18.6 Å². The normalized spacial score (nSPS) is 19.9. The molecule has 2 bridgehead atoms. The van der Waals surface area contributed by atoms with Crippen LogP contribution in [0.3, 0.4) is 0 Å². The Hall–Kier alpha value is -4.79. The number of hydrogen-bond acceptors (Lipinski definition) is 8. The molecule has 9 nitrogen and oxygen atoms in total. The van der Waals surface area contributed by atoms with E-state index in [9.17, 15) is 8.42 Å². The summed E-state index contributed by atoms with van der Waals surface area (Å²) in [5, 5.41) is 0.398. The van der Waals surface area contributed by atoms with Crippen LogP contribution >= 0.6 is 27.7 Å². The Kier molecular flexibility index (Phi) is 11.7. The van der Waals surface area contributed by atoms with E-state index < -0.39 is 32.5 Å². The van der Waals surface area contributed by atoms with Crippen LogP contribution in [0.25, 0.3) is 10.9 Å². The van der Waals surface area contributed by atoms with E-state index in [1.807, 2.05) is 31.2 Å². The van der Waals surface area contributed by atoms with E-state index in [0.717, 1.165) is 25.6 Å². The first kappa shape index (κ1) is 39.9. The molecule has 55 heavy (non-hydrogen) atoms.